The van der Waals surface area contributed by atoms with Gasteiger partial charge in [0.25, 0.3) is 0 Å². The van der Waals surface area contributed by atoms with E-state index >= 15 is 0 Å². The highest BCUT2D eigenvalue weighted by Gasteiger charge is 2.19. The second-order valence-corrected chi connectivity index (χ2v) is 7.12. The smallest absolute Gasteiger partial charge is 0.424 e. The minimum Gasteiger partial charge on any atom is -0.490 e. The molecule has 0 radical (unpaired) electrons. The van der Waals surface area contributed by atoms with Gasteiger partial charge in [-0.3, -0.25) is 0 Å². The van der Waals surface area contributed by atoms with Crippen molar-refractivity contribution in [1.29, 1.82) is 0 Å². The third kappa shape index (κ3) is 3.01. The zero-order chi connectivity index (χ0) is 17.6. The average Bonchev–Trinajstić information content (AvgIpc) is 2.74. The standard InChI is InChI=1S/C16H13BrCl2N2O3/c1-7(2)23-13-6-14-12(5-9(13)17)21(16(22)24-14)15-10(18)3-8(20)4-11(15)19/h3-7H,20H2,1-2H3. The van der Waals surface area contributed by atoms with E-state index in [1.54, 1.807) is 12.1 Å². The molecule has 0 aliphatic heterocycles. The van der Waals surface area contributed by atoms with Gasteiger partial charge in [-0.25, -0.2) is 9.36 Å². The van der Waals surface area contributed by atoms with Crippen LogP contribution in [0, 0.1) is 0 Å². The van der Waals surface area contributed by atoms with Gasteiger partial charge >= 0.3 is 5.76 Å². The van der Waals surface area contributed by atoms with Crippen molar-refractivity contribution in [3.63, 3.8) is 0 Å². The molecule has 1 heterocycles. The van der Waals surface area contributed by atoms with Crippen LogP contribution in [-0.2, 0) is 0 Å². The number of aromatic nitrogens is 1. The maximum absolute atomic E-state index is 12.4. The first-order valence-corrected chi connectivity index (χ1v) is 8.59. The van der Waals surface area contributed by atoms with E-state index in [9.17, 15) is 4.79 Å². The number of hydrogen-bond donors (Lipinski definition) is 1. The van der Waals surface area contributed by atoms with E-state index in [2.05, 4.69) is 15.9 Å². The SMILES string of the molecule is CC(C)Oc1cc2oc(=O)n(-c3c(Cl)cc(N)cc3Cl)c2cc1Br. The van der Waals surface area contributed by atoms with Crippen molar-refractivity contribution in [2.24, 2.45) is 0 Å². The second kappa shape index (κ2) is 6.35. The minimum absolute atomic E-state index is 0.0199. The van der Waals surface area contributed by atoms with E-state index in [0.717, 1.165) is 0 Å². The van der Waals surface area contributed by atoms with E-state index in [0.29, 0.717) is 32.7 Å². The van der Waals surface area contributed by atoms with E-state index in [1.165, 1.54) is 16.7 Å². The Morgan fingerprint density at radius 3 is 2.42 bits per heavy atom. The maximum atomic E-state index is 12.4. The number of rotatable bonds is 3. The van der Waals surface area contributed by atoms with Crippen molar-refractivity contribution >= 4 is 55.9 Å². The summed E-state index contributed by atoms with van der Waals surface area (Å²) in [5.74, 6) is -0.0277. The van der Waals surface area contributed by atoms with Crippen LogP contribution < -0.4 is 16.2 Å². The zero-order valence-corrected chi connectivity index (χ0v) is 15.9. The average molecular weight is 432 g/mol. The van der Waals surface area contributed by atoms with E-state index in [-0.39, 0.29) is 16.1 Å². The first-order valence-electron chi connectivity index (χ1n) is 7.04. The molecule has 5 nitrogen and oxygen atoms in total. The highest BCUT2D eigenvalue weighted by Crippen LogP contribution is 2.36. The maximum Gasteiger partial charge on any atom is 0.424 e. The number of hydrogen-bond acceptors (Lipinski definition) is 4. The number of halogens is 3. The molecule has 24 heavy (non-hydrogen) atoms. The lowest BCUT2D eigenvalue weighted by Gasteiger charge is -2.12. The van der Waals surface area contributed by atoms with Crippen LogP contribution in [-0.4, -0.2) is 10.7 Å². The molecule has 3 aromatic rings. The topological polar surface area (TPSA) is 70.4 Å². The summed E-state index contributed by atoms with van der Waals surface area (Å²) in [6.45, 7) is 3.82. The summed E-state index contributed by atoms with van der Waals surface area (Å²) in [4.78, 5) is 12.4. The Labute approximate surface area is 156 Å². The molecule has 0 aliphatic carbocycles. The molecule has 0 saturated carbocycles. The Balaban J connectivity index is 2.29. The van der Waals surface area contributed by atoms with Gasteiger partial charge in [0.15, 0.2) is 5.58 Å². The van der Waals surface area contributed by atoms with Crippen molar-refractivity contribution in [3.8, 4) is 11.4 Å². The molecule has 126 valence electrons. The zero-order valence-electron chi connectivity index (χ0n) is 12.8. The van der Waals surface area contributed by atoms with E-state index < -0.39 is 5.76 Å². The molecule has 8 heteroatoms. The Morgan fingerprint density at radius 1 is 1.21 bits per heavy atom. The molecular formula is C16H13BrCl2N2O3. The molecule has 2 aromatic carbocycles. The van der Waals surface area contributed by atoms with Crippen LogP contribution in [0.5, 0.6) is 5.75 Å². The van der Waals surface area contributed by atoms with Gasteiger partial charge in [0, 0.05) is 11.8 Å². The highest BCUT2D eigenvalue weighted by atomic mass is 79.9. The Bertz CT molecular complexity index is 972. The van der Waals surface area contributed by atoms with Gasteiger partial charge in [0.1, 0.15) is 5.75 Å². The lowest BCUT2D eigenvalue weighted by molar-refractivity contribution is 0.241. The van der Waals surface area contributed by atoms with Gasteiger partial charge in [-0.1, -0.05) is 23.2 Å². The molecule has 0 bridgehead atoms. The van der Waals surface area contributed by atoms with E-state index in [4.69, 9.17) is 38.1 Å². The summed E-state index contributed by atoms with van der Waals surface area (Å²) < 4.78 is 13.0. The van der Waals surface area contributed by atoms with Gasteiger partial charge in [-0.2, -0.15) is 0 Å². The molecule has 0 aliphatic rings. The molecule has 0 spiro atoms. The summed E-state index contributed by atoms with van der Waals surface area (Å²) in [5, 5.41) is 0.506. The number of nitrogens with two attached hydrogens (primary N) is 1. The number of nitrogens with zero attached hydrogens (tertiary/aromatic N) is 1. The molecule has 1 aromatic heterocycles. The van der Waals surface area contributed by atoms with Crippen LogP contribution in [0.3, 0.4) is 0 Å². The van der Waals surface area contributed by atoms with Crippen LogP contribution in [0.1, 0.15) is 13.8 Å². The molecule has 0 fully saturated rings. The van der Waals surface area contributed by atoms with Crippen molar-refractivity contribution in [2.75, 3.05) is 5.73 Å². The van der Waals surface area contributed by atoms with Crippen molar-refractivity contribution in [1.82, 2.24) is 4.57 Å². The van der Waals surface area contributed by atoms with Gasteiger partial charge < -0.3 is 14.9 Å². The number of benzene rings is 2. The molecule has 0 saturated heterocycles. The van der Waals surface area contributed by atoms with E-state index in [1.807, 2.05) is 13.8 Å². The lowest BCUT2D eigenvalue weighted by Crippen LogP contribution is -2.13. The number of nitrogen functional groups attached to an aromatic ring is 1. The minimum atomic E-state index is -0.604. The van der Waals surface area contributed by atoms with Crippen molar-refractivity contribution in [3.05, 3.63) is 49.3 Å². The number of ether oxygens (including phenoxy) is 1. The van der Waals surface area contributed by atoms with Crippen molar-refractivity contribution < 1.29 is 9.15 Å². The fourth-order valence-corrected chi connectivity index (χ4v) is 3.47. The van der Waals surface area contributed by atoms with Crippen molar-refractivity contribution in [2.45, 2.75) is 20.0 Å². The Hall–Kier alpha value is -1.63. The molecule has 3 rings (SSSR count). The van der Waals surface area contributed by atoms with Gasteiger partial charge in [-0.15, -0.1) is 0 Å². The monoisotopic (exact) mass is 430 g/mol. The molecule has 2 N–H and O–H groups in total. The van der Waals surface area contributed by atoms with Gasteiger partial charge in [0.2, 0.25) is 0 Å². The quantitative estimate of drug-likeness (QED) is 0.591. The van der Waals surface area contributed by atoms with Gasteiger partial charge in [0.05, 0.1) is 31.8 Å². The molecule has 0 atom stereocenters. The highest BCUT2D eigenvalue weighted by molar-refractivity contribution is 9.10. The van der Waals surface area contributed by atoms with Crippen LogP contribution >= 0.6 is 39.1 Å². The summed E-state index contributed by atoms with van der Waals surface area (Å²) in [6, 6.07) is 6.43. The largest absolute Gasteiger partial charge is 0.490 e. The molecule has 0 amide bonds. The predicted molar refractivity (Wildman–Crippen MR) is 99.7 cm³/mol. The Kier molecular flexibility index (Phi) is 4.55. The second-order valence-electron chi connectivity index (χ2n) is 5.45. The normalized spacial score (nSPS) is 11.4. The number of fused-ring (bicyclic) bond motifs is 1. The first kappa shape index (κ1) is 17.2. The summed E-state index contributed by atoms with van der Waals surface area (Å²) >= 11 is 15.9. The third-order valence-corrected chi connectivity index (χ3v) is 4.46. The molecular weight excluding hydrogens is 419 g/mol. The fourth-order valence-electron chi connectivity index (χ4n) is 2.37. The first-order chi connectivity index (χ1) is 11.3. The van der Waals surface area contributed by atoms with Crippen LogP contribution in [0.25, 0.3) is 16.8 Å². The number of anilines is 1. The van der Waals surface area contributed by atoms with Crippen LogP contribution in [0.15, 0.2) is 37.9 Å². The summed E-state index contributed by atoms with van der Waals surface area (Å²) in [7, 11) is 0. The Morgan fingerprint density at radius 2 is 1.83 bits per heavy atom. The lowest BCUT2D eigenvalue weighted by atomic mass is 10.2. The summed E-state index contributed by atoms with van der Waals surface area (Å²) in [6.07, 6.45) is -0.0199. The third-order valence-electron chi connectivity index (χ3n) is 3.26. The predicted octanol–water partition coefficient (Wildman–Crippen LogP) is 5.02. The van der Waals surface area contributed by atoms with Crippen LogP contribution in [0.4, 0.5) is 5.69 Å². The summed E-state index contributed by atoms with van der Waals surface area (Å²) in [5.41, 5.74) is 7.32. The van der Waals surface area contributed by atoms with Gasteiger partial charge in [-0.05, 0) is 48.0 Å². The van der Waals surface area contributed by atoms with Crippen LogP contribution in [0.2, 0.25) is 10.0 Å². The molecule has 0 unspecified atom stereocenters. The number of oxazole rings is 1. The fraction of sp³-hybridized carbons (Fsp3) is 0.188.